The predicted molar refractivity (Wildman–Crippen MR) is 82.3 cm³/mol. The van der Waals surface area contributed by atoms with Gasteiger partial charge in [-0.3, -0.25) is 5.10 Å². The standard InChI is InChI=1S/C14H18Cl2N4/c15-11-6-10(7-12(16)9-11)8-14-18-13(19-20-14)4-2-1-3-5-17/h6-7,9H,1-5,8,17H2,(H,18,19,20). The molecule has 3 N–H and O–H groups in total. The van der Waals surface area contributed by atoms with E-state index in [2.05, 4.69) is 15.2 Å². The molecule has 0 spiro atoms. The number of aryl methyl sites for hydroxylation is 1. The Hall–Kier alpha value is -1.10. The minimum atomic E-state index is 0.633. The van der Waals surface area contributed by atoms with E-state index in [0.717, 1.165) is 49.4 Å². The highest BCUT2D eigenvalue weighted by atomic mass is 35.5. The second-order valence-corrected chi connectivity index (χ2v) is 5.63. The second-order valence-electron chi connectivity index (χ2n) is 4.75. The third-order valence-corrected chi connectivity index (χ3v) is 3.41. The van der Waals surface area contributed by atoms with Gasteiger partial charge in [0, 0.05) is 22.9 Å². The van der Waals surface area contributed by atoms with E-state index in [0.29, 0.717) is 16.5 Å². The van der Waals surface area contributed by atoms with Crippen molar-refractivity contribution in [3.63, 3.8) is 0 Å². The number of halogens is 2. The summed E-state index contributed by atoms with van der Waals surface area (Å²) in [6.07, 6.45) is 4.77. The van der Waals surface area contributed by atoms with Gasteiger partial charge in [0.1, 0.15) is 5.82 Å². The topological polar surface area (TPSA) is 67.6 Å². The third-order valence-electron chi connectivity index (χ3n) is 2.98. The Morgan fingerprint density at radius 2 is 1.80 bits per heavy atom. The van der Waals surface area contributed by atoms with Gasteiger partial charge in [-0.1, -0.05) is 29.6 Å². The maximum atomic E-state index is 5.98. The van der Waals surface area contributed by atoms with Gasteiger partial charge >= 0.3 is 0 Å². The summed E-state index contributed by atoms with van der Waals surface area (Å²) in [5, 5.41) is 8.45. The summed E-state index contributed by atoms with van der Waals surface area (Å²) < 4.78 is 0. The smallest absolute Gasteiger partial charge is 0.150 e. The van der Waals surface area contributed by atoms with Crippen molar-refractivity contribution in [1.82, 2.24) is 15.2 Å². The van der Waals surface area contributed by atoms with Crippen LogP contribution >= 0.6 is 23.2 Å². The molecule has 0 aliphatic heterocycles. The van der Waals surface area contributed by atoms with Crippen LogP contribution in [0.2, 0.25) is 10.0 Å². The Kier molecular flexibility index (Phi) is 5.83. The molecule has 2 aromatic rings. The molecule has 4 nitrogen and oxygen atoms in total. The number of rotatable bonds is 7. The molecule has 6 heteroatoms. The average molecular weight is 313 g/mol. The molecule has 0 aliphatic carbocycles. The average Bonchev–Trinajstić information content (AvgIpc) is 2.81. The van der Waals surface area contributed by atoms with E-state index in [1.54, 1.807) is 6.07 Å². The number of unbranched alkanes of at least 4 members (excludes halogenated alkanes) is 2. The van der Waals surface area contributed by atoms with E-state index in [1.165, 1.54) is 0 Å². The molecule has 108 valence electrons. The number of nitrogens with one attached hydrogen (secondary N) is 1. The van der Waals surface area contributed by atoms with Crippen LogP contribution in [0.3, 0.4) is 0 Å². The van der Waals surface area contributed by atoms with E-state index >= 15 is 0 Å². The van der Waals surface area contributed by atoms with E-state index in [1.807, 2.05) is 12.1 Å². The summed E-state index contributed by atoms with van der Waals surface area (Å²) in [6, 6.07) is 5.49. The van der Waals surface area contributed by atoms with Crippen molar-refractivity contribution in [3.8, 4) is 0 Å². The van der Waals surface area contributed by atoms with Gasteiger partial charge in [0.15, 0.2) is 5.82 Å². The zero-order valence-corrected chi connectivity index (χ0v) is 12.7. The Morgan fingerprint density at radius 3 is 2.50 bits per heavy atom. The highest BCUT2D eigenvalue weighted by Gasteiger charge is 2.06. The summed E-state index contributed by atoms with van der Waals surface area (Å²) in [5.74, 6) is 1.68. The molecule has 0 saturated heterocycles. The molecule has 0 fully saturated rings. The lowest BCUT2D eigenvalue weighted by Gasteiger charge is -2.00. The first-order valence-electron chi connectivity index (χ1n) is 6.72. The van der Waals surface area contributed by atoms with Crippen molar-refractivity contribution in [2.45, 2.75) is 32.1 Å². The Balaban J connectivity index is 1.92. The summed E-state index contributed by atoms with van der Waals surface area (Å²) in [5.41, 5.74) is 6.49. The van der Waals surface area contributed by atoms with Gasteiger partial charge in [-0.2, -0.15) is 5.10 Å². The fourth-order valence-electron chi connectivity index (χ4n) is 2.04. The largest absolute Gasteiger partial charge is 0.330 e. The molecule has 1 aromatic carbocycles. The van der Waals surface area contributed by atoms with Crippen molar-refractivity contribution in [2.75, 3.05) is 6.54 Å². The van der Waals surface area contributed by atoms with Crippen LogP contribution in [0.15, 0.2) is 18.2 Å². The summed E-state index contributed by atoms with van der Waals surface area (Å²) in [4.78, 5) is 4.48. The molecular weight excluding hydrogens is 295 g/mol. The summed E-state index contributed by atoms with van der Waals surface area (Å²) in [7, 11) is 0. The molecule has 20 heavy (non-hydrogen) atoms. The number of nitrogens with two attached hydrogens (primary N) is 1. The molecular formula is C14H18Cl2N4. The normalized spacial score (nSPS) is 10.9. The van der Waals surface area contributed by atoms with Gasteiger partial charge < -0.3 is 5.73 Å². The zero-order chi connectivity index (χ0) is 14.4. The van der Waals surface area contributed by atoms with E-state index in [4.69, 9.17) is 28.9 Å². The number of aromatic amines is 1. The van der Waals surface area contributed by atoms with Crippen LogP contribution in [0, 0.1) is 0 Å². The van der Waals surface area contributed by atoms with Gasteiger partial charge in [-0.15, -0.1) is 0 Å². The lowest BCUT2D eigenvalue weighted by molar-refractivity contribution is 0.670. The molecule has 0 amide bonds. The number of hydrogen-bond acceptors (Lipinski definition) is 3. The number of hydrogen-bond donors (Lipinski definition) is 2. The molecule has 0 unspecified atom stereocenters. The van der Waals surface area contributed by atoms with Crippen molar-refractivity contribution in [2.24, 2.45) is 5.73 Å². The minimum absolute atomic E-state index is 0.633. The predicted octanol–water partition coefficient (Wildman–Crippen LogP) is 3.37. The summed E-state index contributed by atoms with van der Waals surface area (Å²) in [6.45, 7) is 0.745. The Labute approximate surface area is 128 Å². The fraction of sp³-hybridized carbons (Fsp3) is 0.429. The van der Waals surface area contributed by atoms with E-state index in [9.17, 15) is 0 Å². The van der Waals surface area contributed by atoms with Crippen LogP contribution in [0.1, 0.15) is 36.5 Å². The van der Waals surface area contributed by atoms with Crippen LogP contribution in [-0.2, 0) is 12.8 Å². The molecule has 0 radical (unpaired) electrons. The maximum Gasteiger partial charge on any atom is 0.150 e. The first-order valence-corrected chi connectivity index (χ1v) is 7.48. The molecule has 0 bridgehead atoms. The molecule has 0 saturated carbocycles. The third kappa shape index (κ3) is 4.78. The van der Waals surface area contributed by atoms with Gasteiger partial charge in [0.2, 0.25) is 0 Å². The first kappa shape index (κ1) is 15.3. The monoisotopic (exact) mass is 312 g/mol. The van der Waals surface area contributed by atoms with Gasteiger partial charge in [-0.25, -0.2) is 4.98 Å². The van der Waals surface area contributed by atoms with Crippen molar-refractivity contribution in [3.05, 3.63) is 45.5 Å². The second kappa shape index (κ2) is 7.62. The van der Waals surface area contributed by atoms with E-state index < -0.39 is 0 Å². The lowest BCUT2D eigenvalue weighted by Crippen LogP contribution is -1.98. The van der Waals surface area contributed by atoms with E-state index in [-0.39, 0.29) is 0 Å². The number of aromatic nitrogens is 3. The Morgan fingerprint density at radius 1 is 1.05 bits per heavy atom. The first-order chi connectivity index (χ1) is 9.67. The van der Waals surface area contributed by atoms with Gasteiger partial charge in [0.05, 0.1) is 0 Å². The van der Waals surface area contributed by atoms with Crippen LogP contribution in [0.25, 0.3) is 0 Å². The summed E-state index contributed by atoms with van der Waals surface area (Å²) >= 11 is 12.0. The minimum Gasteiger partial charge on any atom is -0.330 e. The highest BCUT2D eigenvalue weighted by molar-refractivity contribution is 6.34. The quantitative estimate of drug-likeness (QED) is 0.770. The van der Waals surface area contributed by atoms with Crippen LogP contribution in [-0.4, -0.2) is 21.7 Å². The number of H-pyrrole nitrogens is 1. The highest BCUT2D eigenvalue weighted by Crippen LogP contribution is 2.20. The number of nitrogens with zero attached hydrogens (tertiary/aromatic N) is 2. The van der Waals surface area contributed by atoms with Gasteiger partial charge in [-0.05, 0) is 43.1 Å². The Bertz CT molecular complexity index is 534. The molecule has 1 aromatic heterocycles. The van der Waals surface area contributed by atoms with Gasteiger partial charge in [0.25, 0.3) is 0 Å². The molecule has 2 rings (SSSR count). The fourth-order valence-corrected chi connectivity index (χ4v) is 2.61. The lowest BCUT2D eigenvalue weighted by atomic mass is 10.1. The van der Waals surface area contributed by atoms with Crippen LogP contribution in [0.5, 0.6) is 0 Å². The molecule has 1 heterocycles. The van der Waals surface area contributed by atoms with Crippen molar-refractivity contribution in [1.29, 1.82) is 0 Å². The SMILES string of the molecule is NCCCCCc1n[nH]c(Cc2cc(Cl)cc(Cl)c2)n1. The van der Waals surface area contributed by atoms with Crippen molar-refractivity contribution >= 4 is 23.2 Å². The van der Waals surface area contributed by atoms with Crippen LogP contribution < -0.4 is 5.73 Å². The molecule has 0 aliphatic rings. The molecule has 0 atom stereocenters. The zero-order valence-electron chi connectivity index (χ0n) is 11.2. The van der Waals surface area contributed by atoms with Crippen LogP contribution in [0.4, 0.5) is 0 Å². The number of benzene rings is 1. The maximum absolute atomic E-state index is 5.98. The van der Waals surface area contributed by atoms with Crippen molar-refractivity contribution < 1.29 is 0 Å².